The normalized spacial score (nSPS) is 8.69. The van der Waals surface area contributed by atoms with E-state index in [1.165, 1.54) is 6.20 Å². The van der Waals surface area contributed by atoms with Crippen LogP contribution < -0.4 is 5.32 Å². The van der Waals surface area contributed by atoms with Crippen LogP contribution in [0.25, 0.3) is 0 Å². The van der Waals surface area contributed by atoms with E-state index in [4.69, 9.17) is 0 Å². The predicted octanol–water partition coefficient (Wildman–Crippen LogP) is -0.0521. The lowest BCUT2D eigenvalue weighted by Crippen LogP contribution is -2.24. The molecule has 1 amide bonds. The van der Waals surface area contributed by atoms with E-state index in [2.05, 4.69) is 32.6 Å². The minimum Gasteiger partial charge on any atom is -0.350 e. The van der Waals surface area contributed by atoms with E-state index in [1.807, 2.05) is 0 Å². The Morgan fingerprint density at radius 3 is 3.23 bits per heavy atom. The smallest absolute Gasteiger partial charge is 0.273 e. The van der Waals surface area contributed by atoms with Gasteiger partial charge in [-0.15, -0.1) is 11.8 Å². The van der Waals surface area contributed by atoms with Crippen molar-refractivity contribution in [3.8, 4) is 11.8 Å². The number of nitrogens with one attached hydrogen (secondary N) is 2. The summed E-state index contributed by atoms with van der Waals surface area (Å²) in [5, 5.41) is 12.2. The minimum absolute atomic E-state index is 0.230. The molecule has 0 saturated heterocycles. The van der Waals surface area contributed by atoms with Crippen LogP contribution in [0.4, 0.5) is 0 Å². The SMILES string of the molecule is CC#CCCNC(=O)c1cn[nH]n1. The molecule has 0 saturated carbocycles. The second-order valence-electron chi connectivity index (χ2n) is 2.29. The van der Waals surface area contributed by atoms with Crippen LogP contribution in [0.5, 0.6) is 0 Å². The van der Waals surface area contributed by atoms with Crippen molar-refractivity contribution in [3.05, 3.63) is 11.9 Å². The number of hydrogen-bond acceptors (Lipinski definition) is 3. The Kier molecular flexibility index (Phi) is 3.51. The average Bonchev–Trinajstić information content (AvgIpc) is 2.65. The summed E-state index contributed by atoms with van der Waals surface area (Å²) in [6.07, 6.45) is 2.03. The molecule has 0 radical (unpaired) electrons. The van der Waals surface area contributed by atoms with Gasteiger partial charge >= 0.3 is 0 Å². The molecule has 5 nitrogen and oxygen atoms in total. The predicted molar refractivity (Wildman–Crippen MR) is 46.8 cm³/mol. The quantitative estimate of drug-likeness (QED) is 0.503. The maximum atomic E-state index is 11.2. The lowest BCUT2D eigenvalue weighted by Gasteiger charge is -1.97. The van der Waals surface area contributed by atoms with Crippen LogP contribution in [0.3, 0.4) is 0 Å². The highest BCUT2D eigenvalue weighted by molar-refractivity contribution is 5.91. The number of rotatable bonds is 3. The summed E-state index contributed by atoms with van der Waals surface area (Å²) < 4.78 is 0. The number of amides is 1. The molecule has 1 heterocycles. The lowest BCUT2D eigenvalue weighted by atomic mass is 10.4. The molecule has 1 rings (SSSR count). The molecule has 1 aromatic rings. The maximum Gasteiger partial charge on any atom is 0.273 e. The van der Waals surface area contributed by atoms with Gasteiger partial charge in [-0.2, -0.15) is 15.4 Å². The fourth-order valence-corrected chi connectivity index (χ4v) is 0.765. The number of carbonyl (C=O) groups is 1. The zero-order chi connectivity index (χ0) is 9.52. The van der Waals surface area contributed by atoms with E-state index in [-0.39, 0.29) is 5.91 Å². The average molecular weight is 178 g/mol. The molecule has 0 aliphatic rings. The number of hydrogen-bond donors (Lipinski definition) is 2. The number of nitrogens with zero attached hydrogens (tertiary/aromatic N) is 2. The molecule has 0 unspecified atom stereocenters. The van der Waals surface area contributed by atoms with Crippen LogP contribution in [0.1, 0.15) is 23.8 Å². The van der Waals surface area contributed by atoms with Crippen molar-refractivity contribution < 1.29 is 4.79 Å². The summed E-state index contributed by atoms with van der Waals surface area (Å²) in [6.45, 7) is 2.30. The van der Waals surface area contributed by atoms with Gasteiger partial charge in [-0.05, 0) is 6.92 Å². The van der Waals surface area contributed by atoms with Crippen molar-refractivity contribution >= 4 is 5.91 Å². The van der Waals surface area contributed by atoms with Gasteiger partial charge in [0.1, 0.15) is 0 Å². The molecule has 1 aromatic heterocycles. The van der Waals surface area contributed by atoms with Gasteiger partial charge in [0.15, 0.2) is 5.69 Å². The van der Waals surface area contributed by atoms with Crippen LogP contribution in [0, 0.1) is 11.8 Å². The number of H-pyrrole nitrogens is 1. The fraction of sp³-hybridized carbons (Fsp3) is 0.375. The number of aromatic nitrogens is 3. The Morgan fingerprint density at radius 2 is 2.62 bits per heavy atom. The molecule has 13 heavy (non-hydrogen) atoms. The zero-order valence-corrected chi connectivity index (χ0v) is 7.29. The Labute approximate surface area is 75.9 Å². The van der Waals surface area contributed by atoms with Gasteiger partial charge in [-0.3, -0.25) is 4.79 Å². The monoisotopic (exact) mass is 178 g/mol. The molecule has 0 fully saturated rings. The van der Waals surface area contributed by atoms with Crippen LogP contribution in [0.2, 0.25) is 0 Å². The zero-order valence-electron chi connectivity index (χ0n) is 7.29. The Morgan fingerprint density at radius 1 is 1.77 bits per heavy atom. The molecule has 0 aromatic carbocycles. The third-order valence-electron chi connectivity index (χ3n) is 1.36. The molecule has 0 bridgehead atoms. The van der Waals surface area contributed by atoms with Crippen LogP contribution in [0.15, 0.2) is 6.20 Å². The van der Waals surface area contributed by atoms with E-state index in [1.54, 1.807) is 6.92 Å². The first-order chi connectivity index (χ1) is 6.34. The van der Waals surface area contributed by atoms with Crippen molar-refractivity contribution in [1.82, 2.24) is 20.7 Å². The van der Waals surface area contributed by atoms with Gasteiger partial charge in [0.2, 0.25) is 0 Å². The molecule has 0 aliphatic carbocycles. The first-order valence-corrected chi connectivity index (χ1v) is 3.88. The topological polar surface area (TPSA) is 70.7 Å². The number of carbonyl (C=O) groups excluding carboxylic acids is 1. The van der Waals surface area contributed by atoms with Gasteiger partial charge in [-0.1, -0.05) is 0 Å². The van der Waals surface area contributed by atoms with Gasteiger partial charge in [0.05, 0.1) is 6.20 Å². The summed E-state index contributed by atoms with van der Waals surface area (Å²) in [4.78, 5) is 11.2. The van der Waals surface area contributed by atoms with Crippen LogP contribution >= 0.6 is 0 Å². The summed E-state index contributed by atoms with van der Waals surface area (Å²) in [5.74, 6) is 5.35. The highest BCUT2D eigenvalue weighted by Crippen LogP contribution is 1.87. The number of aromatic amines is 1. The first-order valence-electron chi connectivity index (χ1n) is 3.88. The molecule has 0 aliphatic heterocycles. The first kappa shape index (κ1) is 9.26. The molecule has 0 spiro atoms. The summed E-state index contributed by atoms with van der Waals surface area (Å²) in [5.41, 5.74) is 0.296. The highest BCUT2D eigenvalue weighted by atomic mass is 16.1. The van der Waals surface area contributed by atoms with E-state index in [0.29, 0.717) is 18.7 Å². The Bertz CT molecular complexity index is 320. The molecule has 0 atom stereocenters. The van der Waals surface area contributed by atoms with Crippen molar-refractivity contribution in [2.45, 2.75) is 13.3 Å². The fourth-order valence-electron chi connectivity index (χ4n) is 0.765. The Hall–Kier alpha value is -1.83. The van der Waals surface area contributed by atoms with E-state index in [0.717, 1.165) is 0 Å². The van der Waals surface area contributed by atoms with E-state index >= 15 is 0 Å². The molecule has 2 N–H and O–H groups in total. The van der Waals surface area contributed by atoms with Crippen molar-refractivity contribution in [2.75, 3.05) is 6.54 Å². The van der Waals surface area contributed by atoms with Gasteiger partial charge in [0.25, 0.3) is 5.91 Å². The molecular weight excluding hydrogens is 168 g/mol. The van der Waals surface area contributed by atoms with E-state index < -0.39 is 0 Å². The highest BCUT2D eigenvalue weighted by Gasteiger charge is 2.05. The second-order valence-corrected chi connectivity index (χ2v) is 2.29. The molecule has 5 heteroatoms. The van der Waals surface area contributed by atoms with Crippen molar-refractivity contribution in [2.24, 2.45) is 0 Å². The molecular formula is C8H10N4O. The van der Waals surface area contributed by atoms with Crippen molar-refractivity contribution in [1.29, 1.82) is 0 Å². The van der Waals surface area contributed by atoms with Crippen LogP contribution in [-0.4, -0.2) is 27.9 Å². The standard InChI is InChI=1S/C8H10N4O/c1-2-3-4-5-9-8(13)7-6-10-12-11-7/h6H,4-5H2,1H3,(H,9,13)(H,10,11,12). The van der Waals surface area contributed by atoms with Gasteiger partial charge in [-0.25, -0.2) is 0 Å². The molecule has 68 valence electrons. The lowest BCUT2D eigenvalue weighted by molar-refractivity contribution is 0.0949. The van der Waals surface area contributed by atoms with Crippen LogP contribution in [-0.2, 0) is 0 Å². The largest absolute Gasteiger partial charge is 0.350 e. The third-order valence-corrected chi connectivity index (χ3v) is 1.36. The van der Waals surface area contributed by atoms with E-state index in [9.17, 15) is 4.79 Å². The van der Waals surface area contributed by atoms with Gasteiger partial charge in [0, 0.05) is 13.0 Å². The maximum absolute atomic E-state index is 11.2. The van der Waals surface area contributed by atoms with Gasteiger partial charge < -0.3 is 5.32 Å². The summed E-state index contributed by atoms with van der Waals surface area (Å²) in [6, 6.07) is 0. The summed E-state index contributed by atoms with van der Waals surface area (Å²) in [7, 11) is 0. The third kappa shape index (κ3) is 2.95. The second kappa shape index (κ2) is 4.93. The summed E-state index contributed by atoms with van der Waals surface area (Å²) >= 11 is 0. The van der Waals surface area contributed by atoms with Crippen molar-refractivity contribution in [3.63, 3.8) is 0 Å². The minimum atomic E-state index is -0.230. The Balaban J connectivity index is 2.29.